The van der Waals surface area contributed by atoms with Crippen LogP contribution in [0.3, 0.4) is 0 Å². The topological polar surface area (TPSA) is 71.1 Å². The molecule has 0 saturated heterocycles. The van der Waals surface area contributed by atoms with Gasteiger partial charge < -0.3 is 18.9 Å². The van der Waals surface area contributed by atoms with Crippen LogP contribution in [0.1, 0.15) is 111 Å². The molecule has 0 amide bonds. The van der Waals surface area contributed by atoms with Crippen LogP contribution in [0.25, 0.3) is 0 Å². The lowest BCUT2D eigenvalue weighted by molar-refractivity contribution is -0.00134. The Balaban J connectivity index is 1.56. The molecule has 0 heterocycles. The molecule has 6 heteroatoms. The van der Waals surface area contributed by atoms with E-state index < -0.39 is 18.0 Å². The molecule has 238 valence electrons. The molecule has 0 bridgehead atoms. The summed E-state index contributed by atoms with van der Waals surface area (Å²) in [5.74, 6) is 1.51. The van der Waals surface area contributed by atoms with E-state index in [0.29, 0.717) is 36.2 Å². The molecule has 0 N–H and O–H groups in total. The van der Waals surface area contributed by atoms with Crippen molar-refractivity contribution >= 4 is 11.9 Å². The maximum Gasteiger partial charge on any atom is 0.338 e. The third kappa shape index (κ3) is 11.7. The predicted octanol–water partition coefficient (Wildman–Crippen LogP) is 9.63. The van der Waals surface area contributed by atoms with Crippen molar-refractivity contribution in [3.8, 4) is 11.5 Å². The molecule has 3 unspecified atom stereocenters. The molecule has 0 radical (unpaired) electrons. The van der Waals surface area contributed by atoms with Crippen molar-refractivity contribution < 1.29 is 28.5 Å². The number of esters is 2. The van der Waals surface area contributed by atoms with Crippen LogP contribution in [-0.4, -0.2) is 31.8 Å². The highest BCUT2D eigenvalue weighted by Gasteiger charge is 2.21. The zero-order valence-corrected chi connectivity index (χ0v) is 27.0. The van der Waals surface area contributed by atoms with Crippen LogP contribution in [0.4, 0.5) is 0 Å². The number of carbonyl (C=O) groups is 2. The Hall–Kier alpha value is -3.80. The third-order valence-corrected chi connectivity index (χ3v) is 8.02. The fourth-order valence-corrected chi connectivity index (χ4v) is 4.90. The Morgan fingerprint density at radius 2 is 1.07 bits per heavy atom. The van der Waals surface area contributed by atoms with Crippen molar-refractivity contribution in [2.24, 2.45) is 11.8 Å². The van der Waals surface area contributed by atoms with Gasteiger partial charge in [-0.3, -0.25) is 0 Å². The number of unbranched alkanes of at least 4 members (excludes halogenated alkanes) is 2. The van der Waals surface area contributed by atoms with E-state index in [4.69, 9.17) is 18.9 Å². The molecule has 0 aliphatic rings. The maximum absolute atomic E-state index is 13.1. The van der Waals surface area contributed by atoms with Crippen molar-refractivity contribution in [1.82, 2.24) is 0 Å². The van der Waals surface area contributed by atoms with Crippen molar-refractivity contribution in [3.63, 3.8) is 0 Å². The number of benzene rings is 3. The zero-order valence-electron chi connectivity index (χ0n) is 27.0. The van der Waals surface area contributed by atoms with Gasteiger partial charge in [-0.1, -0.05) is 96.6 Å². The first-order valence-corrected chi connectivity index (χ1v) is 16.4. The van der Waals surface area contributed by atoms with E-state index >= 15 is 0 Å². The monoisotopic (exact) mass is 602 g/mol. The molecule has 3 rings (SSSR count). The highest BCUT2D eigenvalue weighted by molar-refractivity contribution is 5.90. The minimum absolute atomic E-state index is 0.111. The first-order valence-electron chi connectivity index (χ1n) is 16.4. The Morgan fingerprint density at radius 3 is 1.52 bits per heavy atom. The molecule has 3 atom stereocenters. The van der Waals surface area contributed by atoms with Crippen LogP contribution in [0.5, 0.6) is 11.5 Å². The van der Waals surface area contributed by atoms with Crippen LogP contribution in [-0.2, 0) is 9.47 Å². The SMILES string of the molecule is CCCCC(CC)COc1ccc(C(=O)OCC(OC(=O)c2ccc(OCC(CC)CCCC)cc2)c2ccccc2)cc1. The van der Waals surface area contributed by atoms with Crippen molar-refractivity contribution in [3.05, 3.63) is 95.6 Å². The maximum atomic E-state index is 13.1. The second kappa shape index (κ2) is 19.5. The normalized spacial score (nSPS) is 13.0. The molecule has 0 aliphatic heterocycles. The number of rotatable bonds is 20. The van der Waals surface area contributed by atoms with E-state index in [-0.39, 0.29) is 6.61 Å². The molecule has 0 aromatic heterocycles. The lowest BCUT2D eigenvalue weighted by Gasteiger charge is -2.19. The average molecular weight is 603 g/mol. The van der Waals surface area contributed by atoms with Crippen molar-refractivity contribution in [2.75, 3.05) is 19.8 Å². The lowest BCUT2D eigenvalue weighted by atomic mass is 10.0. The molecule has 3 aromatic carbocycles. The van der Waals surface area contributed by atoms with E-state index in [1.165, 1.54) is 25.7 Å². The van der Waals surface area contributed by atoms with Crippen LogP contribution >= 0.6 is 0 Å². The molecular formula is C38H50O6. The van der Waals surface area contributed by atoms with E-state index in [9.17, 15) is 9.59 Å². The fourth-order valence-electron chi connectivity index (χ4n) is 4.90. The second-order valence-electron chi connectivity index (χ2n) is 11.4. The third-order valence-electron chi connectivity index (χ3n) is 8.02. The quantitative estimate of drug-likeness (QED) is 0.120. The largest absolute Gasteiger partial charge is 0.493 e. The first kappa shape index (κ1) is 34.7. The molecule has 44 heavy (non-hydrogen) atoms. The van der Waals surface area contributed by atoms with Crippen LogP contribution in [0.2, 0.25) is 0 Å². The summed E-state index contributed by atoms with van der Waals surface area (Å²) in [4.78, 5) is 26.0. The Kier molecular flexibility index (Phi) is 15.4. The molecule has 0 aliphatic carbocycles. The van der Waals surface area contributed by atoms with Gasteiger partial charge in [-0.2, -0.15) is 0 Å². The van der Waals surface area contributed by atoms with Gasteiger partial charge in [0.1, 0.15) is 18.1 Å². The summed E-state index contributed by atoms with van der Waals surface area (Å²) in [6.45, 7) is 9.99. The first-order chi connectivity index (χ1) is 21.5. The highest BCUT2D eigenvalue weighted by Crippen LogP contribution is 2.23. The van der Waals surface area contributed by atoms with Gasteiger partial charge in [0.25, 0.3) is 0 Å². The molecule has 0 spiro atoms. The zero-order chi connectivity index (χ0) is 31.6. The average Bonchev–Trinajstić information content (AvgIpc) is 3.07. The van der Waals surface area contributed by atoms with Gasteiger partial charge in [-0.15, -0.1) is 0 Å². The van der Waals surface area contributed by atoms with Crippen LogP contribution in [0.15, 0.2) is 78.9 Å². The lowest BCUT2D eigenvalue weighted by Crippen LogP contribution is -2.19. The summed E-state index contributed by atoms with van der Waals surface area (Å²) < 4.78 is 23.4. The number of hydrogen-bond donors (Lipinski definition) is 0. The summed E-state index contributed by atoms with van der Waals surface area (Å²) in [5, 5.41) is 0. The number of ether oxygens (including phenoxy) is 4. The van der Waals surface area contributed by atoms with Gasteiger partial charge in [0.2, 0.25) is 0 Å². The minimum Gasteiger partial charge on any atom is -0.493 e. The summed E-state index contributed by atoms with van der Waals surface area (Å²) in [7, 11) is 0. The van der Waals surface area contributed by atoms with E-state index in [1.807, 2.05) is 30.3 Å². The second-order valence-corrected chi connectivity index (χ2v) is 11.4. The van der Waals surface area contributed by atoms with E-state index in [0.717, 1.165) is 42.7 Å². The standard InChI is InChI=1S/C38H50O6/c1-5-9-14-29(7-3)26-41-34-22-18-32(19-23-34)37(39)43-28-36(31-16-12-11-13-17-31)44-38(40)33-20-24-35(25-21-33)42-27-30(8-4)15-10-6-2/h11-13,16-25,29-30,36H,5-10,14-15,26-28H2,1-4H3. The van der Waals surface area contributed by atoms with Crippen molar-refractivity contribution in [2.45, 2.75) is 85.2 Å². The number of carbonyl (C=O) groups excluding carboxylic acids is 2. The summed E-state index contributed by atoms with van der Waals surface area (Å²) >= 11 is 0. The summed E-state index contributed by atoms with van der Waals surface area (Å²) in [5.41, 5.74) is 1.55. The van der Waals surface area contributed by atoms with Crippen LogP contribution < -0.4 is 9.47 Å². The highest BCUT2D eigenvalue weighted by atomic mass is 16.6. The van der Waals surface area contributed by atoms with Gasteiger partial charge in [-0.25, -0.2) is 9.59 Å². The van der Waals surface area contributed by atoms with Crippen LogP contribution in [0, 0.1) is 11.8 Å². The Labute approximate surface area is 264 Å². The fraction of sp³-hybridized carbons (Fsp3) is 0.474. The minimum atomic E-state index is -0.760. The van der Waals surface area contributed by atoms with Gasteiger partial charge in [-0.05, 0) is 78.8 Å². The van der Waals surface area contributed by atoms with Gasteiger partial charge >= 0.3 is 11.9 Å². The summed E-state index contributed by atoms with van der Waals surface area (Å²) in [6.07, 6.45) is 8.46. The predicted molar refractivity (Wildman–Crippen MR) is 175 cm³/mol. The van der Waals surface area contributed by atoms with E-state index in [1.54, 1.807) is 48.5 Å². The molecule has 0 fully saturated rings. The van der Waals surface area contributed by atoms with Gasteiger partial charge in [0.15, 0.2) is 6.10 Å². The van der Waals surface area contributed by atoms with Gasteiger partial charge in [0.05, 0.1) is 24.3 Å². The Morgan fingerprint density at radius 1 is 0.591 bits per heavy atom. The molecule has 6 nitrogen and oxygen atoms in total. The molecule has 3 aromatic rings. The van der Waals surface area contributed by atoms with Crippen molar-refractivity contribution in [1.29, 1.82) is 0 Å². The Bertz CT molecular complexity index is 1220. The van der Waals surface area contributed by atoms with E-state index in [2.05, 4.69) is 27.7 Å². The smallest absolute Gasteiger partial charge is 0.338 e. The molecule has 0 saturated carbocycles. The number of hydrogen-bond acceptors (Lipinski definition) is 6. The summed E-state index contributed by atoms with van der Waals surface area (Å²) in [6, 6.07) is 23.3. The molecular weight excluding hydrogens is 552 g/mol. The van der Waals surface area contributed by atoms with Gasteiger partial charge in [0, 0.05) is 0 Å².